The Hall–Kier alpha value is -3.22. The van der Waals surface area contributed by atoms with Crippen LogP contribution in [-0.2, 0) is 16.0 Å². The molecule has 0 fully saturated rings. The molecule has 0 aliphatic heterocycles. The summed E-state index contributed by atoms with van der Waals surface area (Å²) in [5, 5.41) is 13.5. The van der Waals surface area contributed by atoms with Gasteiger partial charge in [-0.05, 0) is 12.1 Å². The van der Waals surface area contributed by atoms with Gasteiger partial charge in [-0.15, -0.1) is 0 Å². The molecule has 118 valence electrons. The number of nitrogens with one attached hydrogen (secondary N) is 1. The van der Waals surface area contributed by atoms with Gasteiger partial charge in [0, 0.05) is 11.6 Å². The van der Waals surface area contributed by atoms with Crippen LogP contribution in [0.3, 0.4) is 0 Å². The van der Waals surface area contributed by atoms with E-state index in [1.165, 1.54) is 31.4 Å². The minimum Gasteiger partial charge on any atom is -0.465 e. The van der Waals surface area contributed by atoms with E-state index >= 15 is 0 Å². The Morgan fingerprint density at radius 2 is 1.78 bits per heavy atom. The van der Waals surface area contributed by atoms with E-state index in [0.717, 1.165) is 0 Å². The van der Waals surface area contributed by atoms with Gasteiger partial charge in [0.15, 0.2) is 0 Å². The molecule has 0 atom stereocenters. The highest BCUT2D eigenvalue weighted by Gasteiger charge is 2.17. The zero-order valence-electron chi connectivity index (χ0n) is 12.3. The van der Waals surface area contributed by atoms with Crippen molar-refractivity contribution in [2.75, 3.05) is 12.4 Å². The summed E-state index contributed by atoms with van der Waals surface area (Å²) in [5.41, 5.74) is 0.684. The molecular weight excluding hydrogens is 300 g/mol. The van der Waals surface area contributed by atoms with Gasteiger partial charge in [0.25, 0.3) is 5.69 Å². The van der Waals surface area contributed by atoms with E-state index in [2.05, 4.69) is 10.1 Å². The van der Waals surface area contributed by atoms with E-state index in [1.54, 1.807) is 24.3 Å². The van der Waals surface area contributed by atoms with Crippen LogP contribution in [-0.4, -0.2) is 23.9 Å². The SMILES string of the molecule is COC(=O)c1ccccc1NC(=O)Cc1ccccc1[N+](=O)[O-]. The first-order valence-electron chi connectivity index (χ1n) is 6.72. The molecule has 0 spiro atoms. The number of hydrogen-bond donors (Lipinski definition) is 1. The minimum absolute atomic E-state index is 0.121. The molecular formula is C16H14N2O5. The summed E-state index contributed by atoms with van der Waals surface area (Å²) in [6, 6.07) is 12.4. The number of nitro groups is 1. The summed E-state index contributed by atoms with van der Waals surface area (Å²) in [7, 11) is 1.24. The van der Waals surface area contributed by atoms with E-state index < -0.39 is 16.8 Å². The van der Waals surface area contributed by atoms with Crippen molar-refractivity contribution in [3.63, 3.8) is 0 Å². The Bertz CT molecular complexity index is 758. The van der Waals surface area contributed by atoms with Gasteiger partial charge < -0.3 is 10.1 Å². The number of carbonyl (C=O) groups excluding carboxylic acids is 2. The van der Waals surface area contributed by atoms with E-state index in [4.69, 9.17) is 0 Å². The number of para-hydroxylation sites is 2. The second-order valence-corrected chi connectivity index (χ2v) is 4.65. The van der Waals surface area contributed by atoms with Crippen molar-refractivity contribution in [3.8, 4) is 0 Å². The fraction of sp³-hybridized carbons (Fsp3) is 0.125. The van der Waals surface area contributed by atoms with Crippen molar-refractivity contribution >= 4 is 23.3 Å². The third-order valence-corrected chi connectivity index (χ3v) is 3.15. The summed E-state index contributed by atoms with van der Waals surface area (Å²) < 4.78 is 4.65. The fourth-order valence-electron chi connectivity index (χ4n) is 2.09. The van der Waals surface area contributed by atoms with Gasteiger partial charge in [-0.1, -0.05) is 30.3 Å². The summed E-state index contributed by atoms with van der Waals surface area (Å²) in [5.74, 6) is -1.04. The Balaban J connectivity index is 2.18. The smallest absolute Gasteiger partial charge is 0.339 e. The zero-order valence-corrected chi connectivity index (χ0v) is 12.3. The number of ether oxygens (including phenoxy) is 1. The maximum absolute atomic E-state index is 12.1. The molecule has 0 unspecified atom stereocenters. The predicted molar refractivity (Wildman–Crippen MR) is 83.2 cm³/mol. The average Bonchev–Trinajstić information content (AvgIpc) is 2.55. The van der Waals surface area contributed by atoms with E-state index in [0.29, 0.717) is 11.3 Å². The molecule has 2 rings (SSSR count). The number of methoxy groups -OCH3 is 1. The summed E-state index contributed by atoms with van der Waals surface area (Å²) in [6.07, 6.45) is -0.174. The van der Waals surface area contributed by atoms with Gasteiger partial charge in [0.1, 0.15) is 0 Å². The maximum Gasteiger partial charge on any atom is 0.339 e. The van der Waals surface area contributed by atoms with Crippen LogP contribution in [0.4, 0.5) is 11.4 Å². The molecule has 0 heterocycles. The molecule has 2 aromatic carbocycles. The Morgan fingerprint density at radius 1 is 1.13 bits per heavy atom. The lowest BCUT2D eigenvalue weighted by Crippen LogP contribution is -2.17. The van der Waals surface area contributed by atoms with Gasteiger partial charge in [-0.25, -0.2) is 4.79 Å². The average molecular weight is 314 g/mol. The first kappa shape index (κ1) is 16.2. The predicted octanol–water partition coefficient (Wildman–Crippen LogP) is 2.56. The number of benzene rings is 2. The molecule has 7 nitrogen and oxygen atoms in total. The largest absolute Gasteiger partial charge is 0.465 e. The van der Waals surface area contributed by atoms with E-state index in [9.17, 15) is 19.7 Å². The summed E-state index contributed by atoms with van der Waals surface area (Å²) in [4.78, 5) is 34.2. The Kier molecular flexibility index (Phi) is 5.03. The first-order valence-corrected chi connectivity index (χ1v) is 6.72. The van der Waals surface area contributed by atoms with Crippen LogP contribution in [0.2, 0.25) is 0 Å². The first-order chi connectivity index (χ1) is 11.0. The van der Waals surface area contributed by atoms with Gasteiger partial charge in [-0.3, -0.25) is 14.9 Å². The summed E-state index contributed by atoms with van der Waals surface area (Å²) in [6.45, 7) is 0. The van der Waals surface area contributed by atoms with Crippen LogP contribution >= 0.6 is 0 Å². The van der Waals surface area contributed by atoms with Gasteiger partial charge in [0.2, 0.25) is 5.91 Å². The van der Waals surface area contributed by atoms with Crippen LogP contribution in [0.25, 0.3) is 0 Å². The number of esters is 1. The molecule has 0 aromatic heterocycles. The highest BCUT2D eigenvalue weighted by Crippen LogP contribution is 2.20. The molecule has 23 heavy (non-hydrogen) atoms. The molecule has 1 N–H and O–H groups in total. The van der Waals surface area contributed by atoms with Crippen molar-refractivity contribution < 1.29 is 19.2 Å². The Morgan fingerprint density at radius 3 is 2.48 bits per heavy atom. The minimum atomic E-state index is -0.577. The Labute approximate surface area is 132 Å². The number of carbonyl (C=O) groups is 2. The van der Waals surface area contributed by atoms with Crippen molar-refractivity contribution in [2.24, 2.45) is 0 Å². The number of nitrogens with zero attached hydrogens (tertiary/aromatic N) is 1. The second kappa shape index (κ2) is 7.17. The normalized spacial score (nSPS) is 9.96. The molecule has 1 amide bonds. The van der Waals surface area contributed by atoms with Gasteiger partial charge in [-0.2, -0.15) is 0 Å². The van der Waals surface area contributed by atoms with E-state index in [-0.39, 0.29) is 17.7 Å². The lowest BCUT2D eigenvalue weighted by Gasteiger charge is -2.09. The molecule has 0 bridgehead atoms. The maximum atomic E-state index is 12.1. The van der Waals surface area contributed by atoms with Crippen molar-refractivity contribution in [2.45, 2.75) is 6.42 Å². The lowest BCUT2D eigenvalue weighted by atomic mass is 10.1. The standard InChI is InChI=1S/C16H14N2O5/c1-23-16(20)12-7-3-4-8-13(12)17-15(19)10-11-6-2-5-9-14(11)18(21)22/h2-9H,10H2,1H3,(H,17,19). The second-order valence-electron chi connectivity index (χ2n) is 4.65. The zero-order chi connectivity index (χ0) is 16.8. The van der Waals surface area contributed by atoms with Crippen molar-refractivity contribution in [3.05, 3.63) is 69.8 Å². The topological polar surface area (TPSA) is 98.5 Å². The molecule has 0 aliphatic carbocycles. The molecule has 0 aliphatic rings. The van der Waals surface area contributed by atoms with Crippen LogP contribution in [0.1, 0.15) is 15.9 Å². The van der Waals surface area contributed by atoms with Crippen LogP contribution in [0, 0.1) is 10.1 Å². The van der Waals surface area contributed by atoms with Gasteiger partial charge >= 0.3 is 5.97 Å². The molecule has 2 aromatic rings. The van der Waals surface area contributed by atoms with Crippen LogP contribution < -0.4 is 5.32 Å². The molecule has 7 heteroatoms. The lowest BCUT2D eigenvalue weighted by molar-refractivity contribution is -0.385. The van der Waals surface area contributed by atoms with Crippen LogP contribution in [0.15, 0.2) is 48.5 Å². The number of nitro benzene ring substituents is 1. The van der Waals surface area contributed by atoms with Crippen molar-refractivity contribution in [1.82, 2.24) is 0 Å². The molecule has 0 saturated heterocycles. The summed E-state index contributed by atoms with van der Waals surface area (Å²) >= 11 is 0. The number of anilines is 1. The van der Waals surface area contributed by atoms with Crippen LogP contribution in [0.5, 0.6) is 0 Å². The third-order valence-electron chi connectivity index (χ3n) is 3.15. The highest BCUT2D eigenvalue weighted by molar-refractivity contribution is 6.01. The van der Waals surface area contributed by atoms with Gasteiger partial charge in [0.05, 0.1) is 29.7 Å². The van der Waals surface area contributed by atoms with Crippen molar-refractivity contribution in [1.29, 1.82) is 0 Å². The monoisotopic (exact) mass is 314 g/mol. The number of amides is 1. The number of hydrogen-bond acceptors (Lipinski definition) is 5. The third kappa shape index (κ3) is 3.91. The quantitative estimate of drug-likeness (QED) is 0.519. The van der Waals surface area contributed by atoms with E-state index in [1.807, 2.05) is 0 Å². The highest BCUT2D eigenvalue weighted by atomic mass is 16.6. The molecule has 0 saturated carbocycles. The fourth-order valence-corrected chi connectivity index (χ4v) is 2.09. The number of rotatable bonds is 5. The molecule has 0 radical (unpaired) electrons.